The molecule has 1 aliphatic heterocycles. The Morgan fingerprint density at radius 2 is 2.03 bits per heavy atom. The van der Waals surface area contributed by atoms with Crippen LogP contribution in [0, 0.1) is 5.82 Å². The summed E-state index contributed by atoms with van der Waals surface area (Å²) in [5.41, 5.74) is 1.80. The lowest BCUT2D eigenvalue weighted by molar-refractivity contribution is -0.142. The molecule has 0 aliphatic carbocycles. The number of carbonyl (C=O) groups is 1. The molecule has 0 bridgehead atoms. The third-order valence-electron chi connectivity index (χ3n) is 5.15. The van der Waals surface area contributed by atoms with Gasteiger partial charge in [0.2, 0.25) is 0 Å². The highest BCUT2D eigenvalue weighted by molar-refractivity contribution is 7.99. The van der Waals surface area contributed by atoms with Crippen molar-refractivity contribution in [3.8, 4) is 16.9 Å². The highest BCUT2D eigenvalue weighted by atomic mass is 32.2. The van der Waals surface area contributed by atoms with E-state index in [1.165, 1.54) is 30.2 Å². The van der Waals surface area contributed by atoms with Crippen LogP contribution in [-0.4, -0.2) is 51.7 Å². The molecule has 1 aliphatic rings. The van der Waals surface area contributed by atoms with Gasteiger partial charge in [0.25, 0.3) is 0 Å². The van der Waals surface area contributed by atoms with Crippen molar-refractivity contribution in [3.63, 3.8) is 0 Å². The Labute approximate surface area is 184 Å². The Morgan fingerprint density at radius 3 is 2.81 bits per heavy atom. The molecule has 1 fully saturated rings. The largest absolute Gasteiger partial charge is 0.491 e. The van der Waals surface area contributed by atoms with Crippen LogP contribution in [0.2, 0.25) is 0 Å². The highest BCUT2D eigenvalue weighted by Gasteiger charge is 2.30. The zero-order chi connectivity index (χ0) is 21.6. The minimum atomic E-state index is -0.783. The van der Waals surface area contributed by atoms with Gasteiger partial charge in [-0.25, -0.2) is 14.4 Å². The fourth-order valence-electron chi connectivity index (χ4n) is 3.64. The van der Waals surface area contributed by atoms with Gasteiger partial charge < -0.3 is 9.84 Å². The van der Waals surface area contributed by atoms with Crippen LogP contribution in [0.15, 0.2) is 71.0 Å². The van der Waals surface area contributed by atoms with E-state index >= 15 is 0 Å². The van der Waals surface area contributed by atoms with Gasteiger partial charge in [0.1, 0.15) is 30.5 Å². The lowest BCUT2D eigenvalue weighted by atomic mass is 10.1. The van der Waals surface area contributed by atoms with Gasteiger partial charge in [0.15, 0.2) is 0 Å². The van der Waals surface area contributed by atoms with Crippen molar-refractivity contribution in [1.82, 2.24) is 14.9 Å². The predicted octanol–water partition coefficient (Wildman–Crippen LogP) is 4.36. The van der Waals surface area contributed by atoms with Crippen LogP contribution in [0.5, 0.6) is 5.75 Å². The lowest BCUT2D eigenvalue weighted by Gasteiger charge is -2.21. The molecule has 0 spiro atoms. The summed E-state index contributed by atoms with van der Waals surface area (Å²) in [5, 5.41) is 9.34. The summed E-state index contributed by atoms with van der Waals surface area (Å²) >= 11 is 1.41. The van der Waals surface area contributed by atoms with Crippen LogP contribution in [0.4, 0.5) is 4.39 Å². The van der Waals surface area contributed by atoms with Crippen molar-refractivity contribution in [2.75, 3.05) is 19.7 Å². The van der Waals surface area contributed by atoms with E-state index in [2.05, 4.69) is 9.97 Å². The van der Waals surface area contributed by atoms with Crippen LogP contribution in [-0.2, 0) is 4.79 Å². The Balaban J connectivity index is 1.53. The number of aliphatic carboxylic acids is 1. The number of halogens is 1. The molecular weight excluding hydrogens is 417 g/mol. The summed E-state index contributed by atoms with van der Waals surface area (Å²) in [6, 6.07) is 11.7. The molecule has 3 aromatic rings. The maximum atomic E-state index is 13.7. The number of hydrogen-bond donors (Lipinski definition) is 1. The van der Waals surface area contributed by atoms with Gasteiger partial charge in [0.05, 0.1) is 4.90 Å². The van der Waals surface area contributed by atoms with Crippen LogP contribution < -0.4 is 4.74 Å². The van der Waals surface area contributed by atoms with Crippen molar-refractivity contribution >= 4 is 17.7 Å². The van der Waals surface area contributed by atoms with Crippen molar-refractivity contribution in [1.29, 1.82) is 0 Å². The predicted molar refractivity (Wildman–Crippen MR) is 116 cm³/mol. The molecule has 8 heteroatoms. The number of likely N-dealkylation sites (tertiary alicyclic amines) is 1. The van der Waals surface area contributed by atoms with Crippen molar-refractivity contribution in [2.24, 2.45) is 0 Å². The topological polar surface area (TPSA) is 75.5 Å². The molecule has 6 nitrogen and oxygen atoms in total. The van der Waals surface area contributed by atoms with Gasteiger partial charge in [-0.3, -0.25) is 9.69 Å². The van der Waals surface area contributed by atoms with E-state index in [-0.39, 0.29) is 5.82 Å². The molecular formula is C23H22FN3O3S. The number of hydrogen-bond acceptors (Lipinski definition) is 6. The summed E-state index contributed by atoms with van der Waals surface area (Å²) in [5.74, 6) is -0.413. The van der Waals surface area contributed by atoms with E-state index in [1.54, 1.807) is 18.5 Å². The second-order valence-corrected chi connectivity index (χ2v) is 8.34. The molecule has 0 amide bonds. The van der Waals surface area contributed by atoms with E-state index in [4.69, 9.17) is 4.74 Å². The Morgan fingerprint density at radius 1 is 1.19 bits per heavy atom. The number of rotatable bonds is 8. The summed E-state index contributed by atoms with van der Waals surface area (Å²) in [4.78, 5) is 23.1. The van der Waals surface area contributed by atoms with E-state index in [1.807, 2.05) is 29.2 Å². The van der Waals surface area contributed by atoms with E-state index < -0.39 is 12.0 Å². The third-order valence-corrected chi connectivity index (χ3v) is 6.17. The van der Waals surface area contributed by atoms with E-state index in [0.29, 0.717) is 25.3 Å². The molecule has 1 atom stereocenters. The monoisotopic (exact) mass is 439 g/mol. The standard InChI is InChI=1S/C23H22FN3O3S/c24-18-3-1-4-19(12-18)31-22-11-16(17-13-25-15-26-14-17)6-7-21(22)30-10-9-27-8-2-5-20(27)23(28)29/h1,3-4,6-7,11-15,20H,2,5,8-10H2,(H,28,29). The quantitative estimate of drug-likeness (QED) is 0.559. The van der Waals surface area contributed by atoms with Gasteiger partial charge in [-0.05, 0) is 55.3 Å². The fourth-order valence-corrected chi connectivity index (χ4v) is 4.62. The molecule has 1 aromatic heterocycles. The van der Waals surface area contributed by atoms with Gasteiger partial charge >= 0.3 is 5.97 Å². The number of carboxylic acid groups (broad SMARTS) is 1. The molecule has 0 radical (unpaired) electrons. The van der Waals surface area contributed by atoms with Crippen molar-refractivity contribution < 1.29 is 19.0 Å². The second-order valence-electron chi connectivity index (χ2n) is 7.23. The Bertz CT molecular complexity index is 1050. The zero-order valence-corrected chi connectivity index (χ0v) is 17.6. The molecule has 4 rings (SSSR count). The van der Waals surface area contributed by atoms with Crippen molar-refractivity contribution in [2.45, 2.75) is 28.7 Å². The molecule has 2 heterocycles. The first kappa shape index (κ1) is 21.3. The second kappa shape index (κ2) is 9.89. The first-order chi connectivity index (χ1) is 15.1. The zero-order valence-electron chi connectivity index (χ0n) is 16.8. The van der Waals surface area contributed by atoms with Gasteiger partial charge in [0, 0.05) is 29.4 Å². The average Bonchev–Trinajstić information content (AvgIpc) is 3.24. The normalized spacial score (nSPS) is 16.4. The maximum Gasteiger partial charge on any atom is 0.320 e. The molecule has 2 aromatic carbocycles. The van der Waals surface area contributed by atoms with Crippen LogP contribution in [0.25, 0.3) is 11.1 Å². The summed E-state index contributed by atoms with van der Waals surface area (Å²) in [7, 11) is 0. The third kappa shape index (κ3) is 5.39. The highest BCUT2D eigenvalue weighted by Crippen LogP contribution is 2.38. The smallest absolute Gasteiger partial charge is 0.320 e. The molecule has 160 valence electrons. The van der Waals surface area contributed by atoms with Crippen molar-refractivity contribution in [3.05, 3.63) is 67.0 Å². The summed E-state index contributed by atoms with van der Waals surface area (Å²) in [6.07, 6.45) is 6.50. The number of nitrogens with zero attached hydrogens (tertiary/aromatic N) is 3. The van der Waals surface area contributed by atoms with Gasteiger partial charge in [-0.2, -0.15) is 0 Å². The Kier molecular flexibility index (Phi) is 6.79. The first-order valence-corrected chi connectivity index (χ1v) is 10.8. The Hall–Kier alpha value is -2.97. The maximum absolute atomic E-state index is 13.7. The van der Waals surface area contributed by atoms with Gasteiger partial charge in [-0.1, -0.05) is 23.9 Å². The molecule has 1 unspecified atom stereocenters. The number of ether oxygens (including phenoxy) is 1. The van der Waals surface area contributed by atoms with E-state index in [9.17, 15) is 14.3 Å². The molecule has 1 saturated heterocycles. The fraction of sp³-hybridized carbons (Fsp3) is 0.261. The molecule has 0 saturated carbocycles. The summed E-state index contributed by atoms with van der Waals surface area (Å²) < 4.78 is 19.7. The summed E-state index contributed by atoms with van der Waals surface area (Å²) in [6.45, 7) is 1.67. The van der Waals surface area contributed by atoms with Crippen LogP contribution >= 0.6 is 11.8 Å². The molecule has 31 heavy (non-hydrogen) atoms. The van der Waals surface area contributed by atoms with Gasteiger partial charge in [-0.15, -0.1) is 0 Å². The minimum absolute atomic E-state index is 0.297. The molecule has 1 N–H and O–H groups in total. The first-order valence-electron chi connectivity index (χ1n) is 10.0. The SMILES string of the molecule is O=C(O)C1CCCN1CCOc1ccc(-c2cncnc2)cc1Sc1cccc(F)c1. The van der Waals surface area contributed by atoms with E-state index in [0.717, 1.165) is 33.9 Å². The van der Waals surface area contributed by atoms with Crippen LogP contribution in [0.3, 0.4) is 0 Å². The lowest BCUT2D eigenvalue weighted by Crippen LogP contribution is -2.38. The number of carboxylic acids is 1. The average molecular weight is 440 g/mol. The minimum Gasteiger partial charge on any atom is -0.491 e. The van der Waals surface area contributed by atoms with Crippen LogP contribution in [0.1, 0.15) is 12.8 Å². The number of benzene rings is 2. The number of aromatic nitrogens is 2.